The molecule has 3 nitrogen and oxygen atoms in total. The van der Waals surface area contributed by atoms with Crippen LogP contribution in [0, 0.1) is 5.41 Å². The first-order chi connectivity index (χ1) is 9.46. The van der Waals surface area contributed by atoms with Crippen LogP contribution in [0.3, 0.4) is 0 Å². The molecule has 1 aromatic heterocycles. The van der Waals surface area contributed by atoms with Gasteiger partial charge in [0, 0.05) is 25.5 Å². The molecule has 0 aliphatic heterocycles. The molecule has 0 amide bonds. The molecule has 20 heavy (non-hydrogen) atoms. The first kappa shape index (κ1) is 16.9. The van der Waals surface area contributed by atoms with Gasteiger partial charge in [-0.3, -0.25) is 0 Å². The van der Waals surface area contributed by atoms with Crippen molar-refractivity contribution in [3.8, 4) is 0 Å². The molecule has 0 atom stereocenters. The molecule has 0 radical (unpaired) electrons. The molecule has 1 heterocycles. The number of unbranched alkanes of at least 4 members (excludes halogenated alkanes) is 1. The number of hydrogen-bond acceptors (Lipinski definition) is 3. The molecule has 0 bridgehead atoms. The maximum absolute atomic E-state index is 4.57. The Morgan fingerprint density at radius 3 is 2.15 bits per heavy atom. The van der Waals surface area contributed by atoms with Gasteiger partial charge in [-0.1, -0.05) is 41.0 Å². The minimum absolute atomic E-state index is 0.369. The molecular formula is C17H31N3. The van der Waals surface area contributed by atoms with E-state index in [4.69, 9.17) is 0 Å². The van der Waals surface area contributed by atoms with Crippen molar-refractivity contribution in [1.29, 1.82) is 0 Å². The maximum Gasteiger partial charge on any atom is 0.225 e. The Labute approximate surface area is 124 Å². The zero-order valence-corrected chi connectivity index (χ0v) is 13.9. The Kier molecular flexibility index (Phi) is 6.97. The summed E-state index contributed by atoms with van der Waals surface area (Å²) in [6.07, 6.45) is 9.79. The highest BCUT2D eigenvalue weighted by molar-refractivity contribution is 5.29. The van der Waals surface area contributed by atoms with E-state index in [2.05, 4.69) is 49.5 Å². The van der Waals surface area contributed by atoms with Crippen molar-refractivity contribution in [3.05, 3.63) is 18.0 Å². The molecule has 0 saturated heterocycles. The van der Waals surface area contributed by atoms with Gasteiger partial charge >= 0.3 is 0 Å². The third kappa shape index (κ3) is 6.36. The van der Waals surface area contributed by atoms with Gasteiger partial charge in [0.25, 0.3) is 0 Å². The van der Waals surface area contributed by atoms with E-state index in [1.165, 1.54) is 24.8 Å². The van der Waals surface area contributed by atoms with E-state index >= 15 is 0 Å². The van der Waals surface area contributed by atoms with Gasteiger partial charge in [0.1, 0.15) is 0 Å². The molecule has 0 unspecified atom stereocenters. The molecule has 0 fully saturated rings. The maximum atomic E-state index is 4.57. The number of anilines is 1. The topological polar surface area (TPSA) is 29.0 Å². The predicted molar refractivity (Wildman–Crippen MR) is 87.2 cm³/mol. The molecule has 0 saturated carbocycles. The van der Waals surface area contributed by atoms with Crippen molar-refractivity contribution >= 4 is 5.95 Å². The van der Waals surface area contributed by atoms with E-state index in [0.717, 1.165) is 31.9 Å². The van der Waals surface area contributed by atoms with E-state index in [1.807, 2.05) is 12.4 Å². The van der Waals surface area contributed by atoms with Gasteiger partial charge in [-0.05, 0) is 36.7 Å². The first-order valence-electron chi connectivity index (χ1n) is 8.02. The van der Waals surface area contributed by atoms with Crippen molar-refractivity contribution in [1.82, 2.24) is 9.97 Å². The van der Waals surface area contributed by atoms with Crippen LogP contribution >= 0.6 is 0 Å². The van der Waals surface area contributed by atoms with E-state index in [9.17, 15) is 0 Å². The van der Waals surface area contributed by atoms with E-state index in [0.29, 0.717) is 5.41 Å². The number of rotatable bonds is 8. The van der Waals surface area contributed by atoms with Gasteiger partial charge in [0.2, 0.25) is 5.95 Å². The normalized spacial score (nSPS) is 11.7. The van der Waals surface area contributed by atoms with Crippen molar-refractivity contribution in [2.75, 3.05) is 18.0 Å². The van der Waals surface area contributed by atoms with Crippen molar-refractivity contribution in [2.24, 2.45) is 5.41 Å². The average Bonchev–Trinajstić information content (AvgIpc) is 2.41. The fraction of sp³-hybridized carbons (Fsp3) is 0.765. The summed E-state index contributed by atoms with van der Waals surface area (Å²) in [6.45, 7) is 13.4. The van der Waals surface area contributed by atoms with Gasteiger partial charge in [-0.15, -0.1) is 0 Å². The largest absolute Gasteiger partial charge is 0.341 e. The van der Waals surface area contributed by atoms with E-state index < -0.39 is 0 Å². The van der Waals surface area contributed by atoms with E-state index in [1.54, 1.807) is 0 Å². The summed E-state index contributed by atoms with van der Waals surface area (Å²) >= 11 is 0. The first-order valence-corrected chi connectivity index (χ1v) is 8.02. The molecule has 0 N–H and O–H groups in total. The number of nitrogens with zero attached hydrogens (tertiary/aromatic N) is 3. The lowest BCUT2D eigenvalue weighted by Gasteiger charge is -2.22. The summed E-state index contributed by atoms with van der Waals surface area (Å²) in [7, 11) is 0. The summed E-state index contributed by atoms with van der Waals surface area (Å²) in [4.78, 5) is 11.4. The van der Waals surface area contributed by atoms with Crippen LogP contribution in [0.15, 0.2) is 12.4 Å². The third-order valence-corrected chi connectivity index (χ3v) is 3.41. The number of hydrogen-bond donors (Lipinski definition) is 0. The summed E-state index contributed by atoms with van der Waals surface area (Å²) in [6, 6.07) is 0. The summed E-state index contributed by atoms with van der Waals surface area (Å²) in [5.74, 6) is 0.889. The standard InChI is InChI=1S/C17H31N3/c1-6-8-12-20(11-7-2)16-18-13-15(14-19-16)9-10-17(3,4)5/h13-14H,6-12H2,1-5H3. The quantitative estimate of drug-likeness (QED) is 0.702. The molecule has 3 heteroatoms. The fourth-order valence-electron chi connectivity index (χ4n) is 2.09. The second-order valence-electron chi connectivity index (χ2n) is 6.79. The van der Waals surface area contributed by atoms with Crippen LogP contribution in [0.2, 0.25) is 0 Å². The molecule has 1 aromatic rings. The zero-order valence-electron chi connectivity index (χ0n) is 13.9. The highest BCUT2D eigenvalue weighted by Gasteiger charge is 2.11. The van der Waals surface area contributed by atoms with Crippen LogP contribution in [0.5, 0.6) is 0 Å². The highest BCUT2D eigenvalue weighted by Crippen LogP contribution is 2.21. The Balaban J connectivity index is 2.62. The van der Waals surface area contributed by atoms with Crippen LogP contribution < -0.4 is 4.90 Å². The minimum atomic E-state index is 0.369. The molecule has 0 aromatic carbocycles. The Morgan fingerprint density at radius 1 is 1.00 bits per heavy atom. The number of aromatic nitrogens is 2. The van der Waals surface area contributed by atoms with Gasteiger partial charge in [0.15, 0.2) is 0 Å². The van der Waals surface area contributed by atoms with Crippen molar-refractivity contribution in [3.63, 3.8) is 0 Å². The second-order valence-corrected chi connectivity index (χ2v) is 6.79. The van der Waals surface area contributed by atoms with Crippen LogP contribution in [0.1, 0.15) is 65.9 Å². The molecular weight excluding hydrogens is 246 g/mol. The van der Waals surface area contributed by atoms with Crippen LogP contribution in [0.25, 0.3) is 0 Å². The SMILES string of the molecule is CCCCN(CCC)c1ncc(CCC(C)(C)C)cn1. The smallest absolute Gasteiger partial charge is 0.225 e. The minimum Gasteiger partial charge on any atom is -0.341 e. The highest BCUT2D eigenvalue weighted by atomic mass is 15.2. The fourth-order valence-corrected chi connectivity index (χ4v) is 2.09. The zero-order chi connectivity index (χ0) is 15.0. The van der Waals surface area contributed by atoms with Gasteiger partial charge in [-0.25, -0.2) is 9.97 Å². The van der Waals surface area contributed by atoms with Crippen molar-refractivity contribution < 1.29 is 0 Å². The molecule has 0 spiro atoms. The second kappa shape index (κ2) is 8.23. The van der Waals surface area contributed by atoms with Gasteiger partial charge < -0.3 is 4.90 Å². The van der Waals surface area contributed by atoms with Crippen LogP contribution in [0.4, 0.5) is 5.95 Å². The molecule has 0 aliphatic carbocycles. The summed E-state index contributed by atoms with van der Waals surface area (Å²) in [5.41, 5.74) is 1.62. The molecule has 114 valence electrons. The number of aryl methyl sites for hydroxylation is 1. The van der Waals surface area contributed by atoms with Crippen molar-refractivity contribution in [2.45, 2.75) is 66.7 Å². The lowest BCUT2D eigenvalue weighted by atomic mass is 9.89. The lowest BCUT2D eigenvalue weighted by molar-refractivity contribution is 0.378. The van der Waals surface area contributed by atoms with Crippen LogP contribution in [-0.4, -0.2) is 23.1 Å². The summed E-state index contributed by atoms with van der Waals surface area (Å²) < 4.78 is 0. The summed E-state index contributed by atoms with van der Waals surface area (Å²) in [5, 5.41) is 0. The van der Waals surface area contributed by atoms with E-state index in [-0.39, 0.29) is 0 Å². The van der Waals surface area contributed by atoms with Gasteiger partial charge in [-0.2, -0.15) is 0 Å². The van der Waals surface area contributed by atoms with Gasteiger partial charge in [0.05, 0.1) is 0 Å². The Morgan fingerprint density at radius 2 is 1.65 bits per heavy atom. The lowest BCUT2D eigenvalue weighted by Crippen LogP contribution is -2.27. The Hall–Kier alpha value is -1.12. The monoisotopic (exact) mass is 277 g/mol. The third-order valence-electron chi connectivity index (χ3n) is 3.41. The van der Waals surface area contributed by atoms with Crippen LogP contribution in [-0.2, 0) is 6.42 Å². The Bertz CT molecular complexity index is 365. The predicted octanol–water partition coefficient (Wildman–Crippen LogP) is 4.47. The molecule has 1 rings (SSSR count). The molecule has 0 aliphatic rings. The average molecular weight is 277 g/mol.